The Morgan fingerprint density at radius 3 is 0.500 bits per heavy atom. The summed E-state index contributed by atoms with van der Waals surface area (Å²) in [6, 6.07) is 0. The van der Waals surface area contributed by atoms with Crippen molar-refractivity contribution in [2.24, 2.45) is 0 Å². The minimum absolute atomic E-state index is 0. The zero-order valence-corrected chi connectivity index (χ0v) is 29.3. The van der Waals surface area contributed by atoms with E-state index in [9.17, 15) is 0 Å². The summed E-state index contributed by atoms with van der Waals surface area (Å²) in [7, 11) is 0. The molecule has 0 spiro atoms. The molecule has 0 heterocycles. The third-order valence-corrected chi connectivity index (χ3v) is 0. The van der Waals surface area contributed by atoms with Crippen LogP contribution in [0.1, 0.15) is 0 Å². The van der Waals surface area contributed by atoms with E-state index in [1.54, 1.807) is 0 Å². The van der Waals surface area contributed by atoms with Crippen LogP contribution in [-0.2, 0) is 0 Å². The van der Waals surface area contributed by atoms with Gasteiger partial charge in [0.25, 0.3) is 0 Å². The third kappa shape index (κ3) is 37.3. The molecule has 2 nitrogen and oxygen atoms in total. The van der Waals surface area contributed by atoms with E-state index in [2.05, 4.69) is 0 Å². The molecule has 0 aliphatic heterocycles. The van der Waals surface area contributed by atoms with Crippen molar-refractivity contribution in [2.45, 2.75) is 0 Å². The fraction of sp³-hybridized carbons (Fsp3) is 0. The molecule has 0 bridgehead atoms. The standard InChI is InChI=1S/4Ba.2Bi.O2/c;;;;;;1-2. The van der Waals surface area contributed by atoms with Crippen LogP contribution in [0.15, 0.2) is 0 Å². The van der Waals surface area contributed by atoms with Crippen molar-refractivity contribution in [2.75, 3.05) is 0 Å². The fourth-order valence-electron chi connectivity index (χ4n) is 0. The zero-order chi connectivity index (χ0) is 2.00. The Morgan fingerprint density at radius 2 is 0.500 bits per heavy atom. The van der Waals surface area contributed by atoms with E-state index < -0.39 is 0 Å². The molecule has 0 rings (SSSR count). The van der Waals surface area contributed by atoms with Gasteiger partial charge in [-0.2, -0.15) is 0 Å². The molecule has 0 unspecified atom stereocenters. The molecule has 8 heteroatoms. The van der Waals surface area contributed by atoms with Crippen LogP contribution in [0.4, 0.5) is 0 Å². The minimum Gasteiger partial charge on any atom is 0 e. The van der Waals surface area contributed by atoms with Crippen LogP contribution in [0.2, 0.25) is 0 Å². The second-order valence-corrected chi connectivity index (χ2v) is 0. The molecule has 0 N–H and O–H groups in total. The van der Waals surface area contributed by atoms with Gasteiger partial charge in [-0.3, -0.25) is 0 Å². The molecule has 0 saturated heterocycles. The van der Waals surface area contributed by atoms with E-state index in [0.717, 1.165) is 0 Å². The van der Waals surface area contributed by atoms with E-state index in [-0.39, 0.29) is 248 Å². The van der Waals surface area contributed by atoms with Gasteiger partial charge < -0.3 is 0 Å². The Morgan fingerprint density at radius 1 is 0.500 bits per heavy atom. The Labute approximate surface area is 248 Å². The summed E-state index contributed by atoms with van der Waals surface area (Å²) in [5.74, 6) is 0. The van der Waals surface area contributed by atoms with Gasteiger partial charge in [0, 0.05) is 258 Å². The molecular weight excluding hydrogens is 999 g/mol. The second-order valence-electron chi connectivity index (χ2n) is 0. The first kappa shape index (κ1) is 44.9. The number of hydrogen-bond donors (Lipinski definition) is 0. The summed E-state index contributed by atoms with van der Waals surface area (Å²) in [6.45, 7) is 0. The molecule has 0 saturated carbocycles. The maximum atomic E-state index is 7.00. The largest absolute Gasteiger partial charge is 0 e. The predicted octanol–water partition coefficient (Wildman–Crippen LogP) is -2.22. The summed E-state index contributed by atoms with van der Waals surface area (Å²) < 4.78 is 0. The van der Waals surface area contributed by atoms with Crippen molar-refractivity contribution in [3.63, 3.8) is 0 Å². The molecule has 0 aromatic carbocycles. The maximum Gasteiger partial charge on any atom is 0 e. The van der Waals surface area contributed by atoms with Crippen LogP contribution >= 0.6 is 0 Å². The molecule has 0 aromatic heterocycles. The van der Waals surface area contributed by atoms with Crippen molar-refractivity contribution < 1.29 is 0 Å². The van der Waals surface area contributed by atoms with Gasteiger partial charge in [-0.1, -0.05) is 0 Å². The number of hydrogen-bond acceptors (Lipinski definition) is 2. The third-order valence-electron chi connectivity index (χ3n) is 0. The van der Waals surface area contributed by atoms with Crippen molar-refractivity contribution in [3.8, 4) is 0 Å². The van der Waals surface area contributed by atoms with E-state index in [0.29, 0.717) is 0 Å². The van der Waals surface area contributed by atoms with Crippen molar-refractivity contribution in [1.29, 1.82) is 0 Å². The van der Waals surface area contributed by atoms with Gasteiger partial charge in [-0.25, -0.2) is 0 Å². The Balaban J connectivity index is -0.000000000333. The van der Waals surface area contributed by atoms with Crippen LogP contribution in [0, 0.1) is 9.93 Å². The van der Waals surface area contributed by atoms with Crippen LogP contribution < -0.4 is 0 Å². The van der Waals surface area contributed by atoms with Gasteiger partial charge in [0.05, 0.1) is 0 Å². The summed E-state index contributed by atoms with van der Waals surface area (Å²) in [6.07, 6.45) is 0. The van der Waals surface area contributed by atoms with Gasteiger partial charge in [0.1, 0.15) is 0 Å². The molecule has 0 amide bonds. The molecule has 0 fully saturated rings. The minimum atomic E-state index is 0. The van der Waals surface area contributed by atoms with Crippen molar-refractivity contribution >= 4 is 248 Å². The van der Waals surface area contributed by atoms with E-state index in [4.69, 9.17) is 9.93 Å². The van der Waals surface area contributed by atoms with Gasteiger partial charge in [-0.05, 0) is 0 Å². The molecule has 0 aliphatic rings. The maximum absolute atomic E-state index is 7.00. The topological polar surface area (TPSA) is 34.1 Å². The van der Waals surface area contributed by atoms with E-state index in [1.807, 2.05) is 0 Å². The Hall–Kier alpha value is 7.65. The van der Waals surface area contributed by atoms with E-state index >= 15 is 0 Å². The molecule has 0 aliphatic carbocycles. The van der Waals surface area contributed by atoms with Gasteiger partial charge in [0.15, 0.2) is 0 Å². The van der Waals surface area contributed by atoms with E-state index in [1.165, 1.54) is 0 Å². The second kappa shape index (κ2) is 46.6. The van der Waals surface area contributed by atoms with Crippen LogP contribution in [0.25, 0.3) is 0 Å². The SMILES string of the molecule is O=O.[Ba].[Ba].[Ba].[Ba].[Bi].[Bi]. The molecule has 0 atom stereocenters. The average molecular weight is 999 g/mol. The first-order valence-electron chi connectivity index (χ1n) is 0.167. The predicted molar refractivity (Wildman–Crippen MR) is 41.3 cm³/mol. The van der Waals surface area contributed by atoms with Crippen LogP contribution in [-0.4, -0.2) is 248 Å². The molecule has 0 aromatic rings. The first-order chi connectivity index (χ1) is 1.00. The summed E-state index contributed by atoms with van der Waals surface area (Å²) >= 11 is 0. The van der Waals surface area contributed by atoms with Crippen molar-refractivity contribution in [3.05, 3.63) is 9.93 Å². The smallest absolute Gasteiger partial charge is 0 e. The number of rotatable bonds is 0. The van der Waals surface area contributed by atoms with Crippen LogP contribution in [0.5, 0.6) is 0 Å². The molecular formula is Ba4Bi2O2. The Bertz CT molecular complexity index is 12.0. The quantitative estimate of drug-likeness (QED) is 0.259. The van der Waals surface area contributed by atoms with Gasteiger partial charge in [-0.15, -0.1) is 0 Å². The van der Waals surface area contributed by atoms with Crippen LogP contribution in [0.3, 0.4) is 0 Å². The Kier molecular flexibility index (Phi) is 262. The summed E-state index contributed by atoms with van der Waals surface area (Å²) in [5, 5.41) is 0. The average Bonchev–Trinajstić information content (AvgIpc) is 1.00. The zero-order valence-electron chi connectivity index (χ0n) is 4.54. The van der Waals surface area contributed by atoms with Crippen molar-refractivity contribution in [1.82, 2.24) is 0 Å². The summed E-state index contributed by atoms with van der Waals surface area (Å²) in [5.41, 5.74) is 0. The molecule has 14 radical (unpaired) electrons. The fourth-order valence-corrected chi connectivity index (χ4v) is 0. The monoisotopic (exact) mass is 1000 g/mol. The summed E-state index contributed by atoms with van der Waals surface area (Å²) in [4.78, 5) is 14.0. The van der Waals surface area contributed by atoms with Gasteiger partial charge in [0.2, 0.25) is 0 Å². The normalized spacial score (nSPS) is 0.500. The molecule has 8 heavy (non-hydrogen) atoms. The van der Waals surface area contributed by atoms with Gasteiger partial charge >= 0.3 is 0 Å². The first-order valence-corrected chi connectivity index (χ1v) is 0.167. The molecule has 30 valence electrons.